The van der Waals surface area contributed by atoms with Crippen molar-refractivity contribution in [2.45, 2.75) is 13.3 Å². The summed E-state index contributed by atoms with van der Waals surface area (Å²) in [7, 11) is 0. The van der Waals surface area contributed by atoms with E-state index in [1.807, 2.05) is 24.4 Å². The zero-order valence-corrected chi connectivity index (χ0v) is 12.2. The van der Waals surface area contributed by atoms with Crippen molar-refractivity contribution in [3.63, 3.8) is 0 Å². The quantitative estimate of drug-likeness (QED) is 0.802. The second-order valence-corrected chi connectivity index (χ2v) is 5.38. The Balaban J connectivity index is 1.66. The van der Waals surface area contributed by atoms with Gasteiger partial charge in [-0.1, -0.05) is 0 Å². The first kappa shape index (κ1) is 13.5. The van der Waals surface area contributed by atoms with E-state index in [2.05, 4.69) is 15.3 Å². The summed E-state index contributed by atoms with van der Waals surface area (Å²) in [6.07, 6.45) is 3.49. The van der Waals surface area contributed by atoms with Gasteiger partial charge in [-0.25, -0.2) is 4.98 Å². The number of furan rings is 1. The Morgan fingerprint density at radius 2 is 2.29 bits per heavy atom. The molecule has 5 nitrogen and oxygen atoms in total. The fraction of sp³-hybridized carbons (Fsp3) is 0.133. The largest absolute Gasteiger partial charge is 0.459 e. The zero-order chi connectivity index (χ0) is 14.7. The highest BCUT2D eigenvalue weighted by molar-refractivity contribution is 7.13. The lowest BCUT2D eigenvalue weighted by molar-refractivity contribution is -0.115. The number of hydrogen-bond donors (Lipinski definition) is 1. The molecule has 1 amide bonds. The highest BCUT2D eigenvalue weighted by atomic mass is 32.1. The van der Waals surface area contributed by atoms with Crippen LogP contribution in [0.15, 0.2) is 46.5 Å². The van der Waals surface area contributed by atoms with Crippen LogP contribution in [-0.4, -0.2) is 15.9 Å². The molecule has 3 heterocycles. The monoisotopic (exact) mass is 299 g/mol. The Bertz CT molecular complexity index is 749. The maximum absolute atomic E-state index is 11.9. The van der Waals surface area contributed by atoms with Gasteiger partial charge in [0.15, 0.2) is 10.8 Å². The summed E-state index contributed by atoms with van der Waals surface area (Å²) in [6, 6.07) is 7.35. The maximum atomic E-state index is 11.9. The summed E-state index contributed by atoms with van der Waals surface area (Å²) in [5, 5.41) is 5.44. The molecule has 0 aliphatic rings. The highest BCUT2D eigenvalue weighted by Gasteiger charge is 2.11. The number of aryl methyl sites for hydroxylation is 1. The average molecular weight is 299 g/mol. The van der Waals surface area contributed by atoms with Crippen molar-refractivity contribution in [1.82, 2.24) is 9.97 Å². The van der Waals surface area contributed by atoms with Crippen molar-refractivity contribution < 1.29 is 9.21 Å². The fourth-order valence-electron chi connectivity index (χ4n) is 1.86. The van der Waals surface area contributed by atoms with Crippen molar-refractivity contribution in [3.05, 3.63) is 53.5 Å². The normalized spacial score (nSPS) is 10.5. The topological polar surface area (TPSA) is 68.0 Å². The summed E-state index contributed by atoms with van der Waals surface area (Å²) in [5.74, 6) is 1.46. The van der Waals surface area contributed by atoms with E-state index in [-0.39, 0.29) is 12.3 Å². The molecule has 0 spiro atoms. The molecule has 0 radical (unpaired) electrons. The molecular weight excluding hydrogens is 286 g/mol. The molecule has 6 heteroatoms. The van der Waals surface area contributed by atoms with E-state index >= 15 is 0 Å². The van der Waals surface area contributed by atoms with Crippen molar-refractivity contribution in [1.29, 1.82) is 0 Å². The molecule has 1 N–H and O–H groups in total. The van der Waals surface area contributed by atoms with Gasteiger partial charge in [-0.2, -0.15) is 0 Å². The van der Waals surface area contributed by atoms with Crippen LogP contribution in [0.3, 0.4) is 0 Å². The van der Waals surface area contributed by atoms with Gasteiger partial charge in [0, 0.05) is 11.6 Å². The Labute approximate surface area is 125 Å². The molecule has 0 saturated carbocycles. The number of aromatic nitrogens is 2. The van der Waals surface area contributed by atoms with Crippen LogP contribution in [-0.2, 0) is 11.2 Å². The van der Waals surface area contributed by atoms with E-state index in [0.717, 1.165) is 22.2 Å². The molecule has 0 saturated heterocycles. The minimum atomic E-state index is -0.115. The molecule has 3 rings (SSSR count). The van der Waals surface area contributed by atoms with Crippen LogP contribution in [0.25, 0.3) is 10.8 Å². The van der Waals surface area contributed by atoms with Crippen LogP contribution < -0.4 is 5.32 Å². The van der Waals surface area contributed by atoms with Crippen LogP contribution in [0, 0.1) is 6.92 Å². The Morgan fingerprint density at radius 3 is 3.00 bits per heavy atom. The second kappa shape index (κ2) is 5.88. The minimum Gasteiger partial charge on any atom is -0.459 e. The van der Waals surface area contributed by atoms with Gasteiger partial charge in [0.2, 0.25) is 5.91 Å². The standard InChI is InChI=1S/C15H13N3O2S/c1-10-4-5-13(20-10)15-18-12(9-21-15)7-14(19)17-11-3-2-6-16-8-11/h2-6,8-9H,7H2,1H3,(H,17,19). The van der Waals surface area contributed by atoms with Gasteiger partial charge in [0.25, 0.3) is 0 Å². The average Bonchev–Trinajstić information content (AvgIpc) is 3.09. The van der Waals surface area contributed by atoms with E-state index < -0.39 is 0 Å². The molecule has 3 aromatic heterocycles. The number of hydrogen-bond acceptors (Lipinski definition) is 5. The van der Waals surface area contributed by atoms with Gasteiger partial charge in [-0.15, -0.1) is 11.3 Å². The van der Waals surface area contributed by atoms with Gasteiger partial charge in [0.1, 0.15) is 5.76 Å². The minimum absolute atomic E-state index is 0.115. The first-order valence-electron chi connectivity index (χ1n) is 6.42. The molecule has 0 bridgehead atoms. The highest BCUT2D eigenvalue weighted by Crippen LogP contribution is 2.25. The summed E-state index contributed by atoms with van der Waals surface area (Å²) < 4.78 is 5.52. The van der Waals surface area contributed by atoms with Crippen LogP contribution >= 0.6 is 11.3 Å². The second-order valence-electron chi connectivity index (χ2n) is 4.52. The van der Waals surface area contributed by atoms with Crippen molar-refractivity contribution in [2.24, 2.45) is 0 Å². The van der Waals surface area contributed by atoms with Gasteiger partial charge in [-0.05, 0) is 31.2 Å². The summed E-state index contributed by atoms with van der Waals surface area (Å²) in [4.78, 5) is 20.3. The summed E-state index contributed by atoms with van der Waals surface area (Å²) >= 11 is 1.47. The zero-order valence-electron chi connectivity index (χ0n) is 11.4. The van der Waals surface area contributed by atoms with Crippen molar-refractivity contribution >= 4 is 22.9 Å². The van der Waals surface area contributed by atoms with E-state index in [4.69, 9.17) is 4.42 Å². The molecule has 0 aliphatic carbocycles. The predicted octanol–water partition coefficient (Wildman–Crippen LogP) is 3.29. The molecule has 106 valence electrons. The van der Waals surface area contributed by atoms with Crippen LogP contribution in [0.4, 0.5) is 5.69 Å². The molecule has 0 fully saturated rings. The first-order valence-corrected chi connectivity index (χ1v) is 7.30. The third kappa shape index (κ3) is 3.35. The number of thiazole rings is 1. The molecule has 0 unspecified atom stereocenters. The van der Waals surface area contributed by atoms with Crippen LogP contribution in [0.5, 0.6) is 0 Å². The summed E-state index contributed by atoms with van der Waals surface area (Å²) in [5.41, 5.74) is 1.41. The lowest BCUT2D eigenvalue weighted by Crippen LogP contribution is -2.14. The summed E-state index contributed by atoms with van der Waals surface area (Å²) in [6.45, 7) is 1.89. The van der Waals surface area contributed by atoms with E-state index in [9.17, 15) is 4.79 Å². The van der Waals surface area contributed by atoms with Gasteiger partial charge in [-0.3, -0.25) is 9.78 Å². The number of rotatable bonds is 4. The van der Waals surface area contributed by atoms with Gasteiger partial charge >= 0.3 is 0 Å². The van der Waals surface area contributed by atoms with E-state index in [0.29, 0.717) is 5.69 Å². The number of pyridine rings is 1. The third-order valence-electron chi connectivity index (χ3n) is 2.79. The molecular formula is C15H13N3O2S. The van der Waals surface area contributed by atoms with Gasteiger partial charge < -0.3 is 9.73 Å². The smallest absolute Gasteiger partial charge is 0.230 e. The van der Waals surface area contributed by atoms with Crippen LogP contribution in [0.2, 0.25) is 0 Å². The third-order valence-corrected chi connectivity index (χ3v) is 3.70. The Hall–Kier alpha value is -2.47. The number of carbonyl (C=O) groups is 1. The van der Waals surface area contributed by atoms with Crippen molar-refractivity contribution in [2.75, 3.05) is 5.32 Å². The number of nitrogens with zero attached hydrogens (tertiary/aromatic N) is 2. The number of anilines is 1. The van der Waals surface area contributed by atoms with E-state index in [1.54, 1.807) is 24.5 Å². The number of carbonyl (C=O) groups excluding carboxylic acids is 1. The Kier molecular flexibility index (Phi) is 3.79. The first-order chi connectivity index (χ1) is 10.2. The number of nitrogens with one attached hydrogen (secondary N) is 1. The fourth-order valence-corrected chi connectivity index (χ4v) is 2.64. The van der Waals surface area contributed by atoms with E-state index in [1.165, 1.54) is 11.3 Å². The lowest BCUT2D eigenvalue weighted by Gasteiger charge is -2.02. The predicted molar refractivity (Wildman–Crippen MR) is 81.1 cm³/mol. The van der Waals surface area contributed by atoms with Crippen molar-refractivity contribution in [3.8, 4) is 10.8 Å². The molecule has 21 heavy (non-hydrogen) atoms. The molecule has 3 aromatic rings. The van der Waals surface area contributed by atoms with Gasteiger partial charge in [0.05, 0.1) is 24.0 Å². The maximum Gasteiger partial charge on any atom is 0.230 e. The molecule has 0 aliphatic heterocycles. The SMILES string of the molecule is Cc1ccc(-c2nc(CC(=O)Nc3cccnc3)cs2)o1. The lowest BCUT2D eigenvalue weighted by atomic mass is 10.3. The number of amides is 1. The molecule has 0 aromatic carbocycles. The Morgan fingerprint density at radius 1 is 1.38 bits per heavy atom. The van der Waals surface area contributed by atoms with Crippen LogP contribution in [0.1, 0.15) is 11.5 Å². The molecule has 0 atom stereocenters.